The van der Waals surface area contributed by atoms with Crippen LogP contribution < -0.4 is 9.80 Å². The third kappa shape index (κ3) is 2.30. The highest BCUT2D eigenvalue weighted by Crippen LogP contribution is 2.20. The first-order chi connectivity index (χ1) is 7.66. The van der Waals surface area contributed by atoms with E-state index in [1.807, 2.05) is 6.07 Å². The molecule has 86 valence electrons. The molecule has 0 saturated carbocycles. The van der Waals surface area contributed by atoms with Gasteiger partial charge in [-0.05, 0) is 6.07 Å². The Morgan fingerprint density at radius 3 is 2.69 bits per heavy atom. The van der Waals surface area contributed by atoms with Crippen molar-refractivity contribution < 1.29 is 9.82 Å². The predicted octanol–water partition coefficient (Wildman–Crippen LogP) is -0.0705. The molecule has 16 heavy (non-hydrogen) atoms. The van der Waals surface area contributed by atoms with Crippen LogP contribution in [0.5, 0.6) is 0 Å². The molecule has 1 heterocycles. The van der Waals surface area contributed by atoms with Crippen molar-refractivity contribution in [3.05, 3.63) is 34.4 Å². The summed E-state index contributed by atoms with van der Waals surface area (Å²) < 4.78 is 0. The maximum absolute atomic E-state index is 10.7. The molecule has 0 spiro atoms. The van der Waals surface area contributed by atoms with Gasteiger partial charge in [0, 0.05) is 17.8 Å². The summed E-state index contributed by atoms with van der Waals surface area (Å²) in [5.41, 5.74) is 1.13. The van der Waals surface area contributed by atoms with Crippen LogP contribution in [0.2, 0.25) is 0 Å². The Balaban J connectivity index is 2.14. The fourth-order valence-corrected chi connectivity index (χ4v) is 1.95. The predicted molar refractivity (Wildman–Crippen MR) is 61.9 cm³/mol. The van der Waals surface area contributed by atoms with Crippen molar-refractivity contribution in [1.29, 1.82) is 0 Å². The summed E-state index contributed by atoms with van der Waals surface area (Å²) in [6.07, 6.45) is 0. The number of piperazine rings is 1. The van der Waals surface area contributed by atoms with Crippen molar-refractivity contribution in [2.45, 2.75) is 0 Å². The summed E-state index contributed by atoms with van der Waals surface area (Å²) in [5, 5.41) is 10.7. The van der Waals surface area contributed by atoms with Gasteiger partial charge in [0.25, 0.3) is 5.69 Å². The molecule has 1 N–H and O–H groups in total. The second-order valence-corrected chi connectivity index (χ2v) is 4.22. The SMILES string of the molecule is C[NH+]1CCN(c2cccc([N+](=O)[O-])c2)CC1. The van der Waals surface area contributed by atoms with Gasteiger partial charge in [-0.15, -0.1) is 0 Å². The first kappa shape index (κ1) is 10.9. The standard InChI is InChI=1S/C11H15N3O2/c1-12-5-7-13(8-6-12)10-3-2-4-11(9-10)14(15)16/h2-4,9H,5-8H2,1H3/p+1. The molecule has 0 aliphatic carbocycles. The Kier molecular flexibility index (Phi) is 3.05. The van der Waals surface area contributed by atoms with Gasteiger partial charge in [0.1, 0.15) is 0 Å². The van der Waals surface area contributed by atoms with Gasteiger partial charge >= 0.3 is 0 Å². The van der Waals surface area contributed by atoms with Crippen LogP contribution in [-0.2, 0) is 0 Å². The van der Waals surface area contributed by atoms with E-state index in [1.165, 1.54) is 11.0 Å². The lowest BCUT2D eigenvalue weighted by Gasteiger charge is -2.31. The zero-order valence-electron chi connectivity index (χ0n) is 9.35. The molecule has 5 nitrogen and oxygen atoms in total. The Morgan fingerprint density at radius 2 is 2.06 bits per heavy atom. The molecular formula is C11H16N3O2+. The third-order valence-corrected chi connectivity index (χ3v) is 3.02. The van der Waals surface area contributed by atoms with E-state index in [0.717, 1.165) is 31.9 Å². The molecule has 1 aromatic carbocycles. The van der Waals surface area contributed by atoms with E-state index in [0.29, 0.717) is 0 Å². The topological polar surface area (TPSA) is 50.8 Å². The van der Waals surface area contributed by atoms with E-state index in [9.17, 15) is 10.1 Å². The van der Waals surface area contributed by atoms with E-state index >= 15 is 0 Å². The number of hydrogen-bond donors (Lipinski definition) is 1. The number of nitro groups is 1. The Hall–Kier alpha value is -1.62. The molecule has 1 aliphatic heterocycles. The fourth-order valence-electron chi connectivity index (χ4n) is 1.95. The Bertz CT molecular complexity index is 387. The molecule has 0 unspecified atom stereocenters. The lowest BCUT2D eigenvalue weighted by Crippen LogP contribution is -3.12. The number of nitrogens with one attached hydrogen (secondary N) is 1. The number of likely N-dealkylation sites (N-methyl/N-ethyl adjacent to an activating group) is 1. The van der Waals surface area contributed by atoms with Crippen LogP contribution in [-0.4, -0.2) is 38.2 Å². The first-order valence-electron chi connectivity index (χ1n) is 5.47. The molecule has 1 aliphatic rings. The van der Waals surface area contributed by atoms with Gasteiger partial charge in [0.05, 0.1) is 38.2 Å². The van der Waals surface area contributed by atoms with Crippen LogP contribution in [0.25, 0.3) is 0 Å². The number of anilines is 1. The van der Waals surface area contributed by atoms with Crippen LogP contribution in [0.15, 0.2) is 24.3 Å². The number of rotatable bonds is 2. The molecule has 5 heteroatoms. The molecule has 1 saturated heterocycles. The quantitative estimate of drug-likeness (QED) is 0.563. The van der Waals surface area contributed by atoms with Crippen LogP contribution >= 0.6 is 0 Å². The summed E-state index contributed by atoms with van der Waals surface area (Å²) in [4.78, 5) is 14.1. The van der Waals surface area contributed by atoms with Gasteiger partial charge < -0.3 is 9.80 Å². The summed E-state index contributed by atoms with van der Waals surface area (Å²) >= 11 is 0. The highest BCUT2D eigenvalue weighted by Gasteiger charge is 2.18. The van der Waals surface area contributed by atoms with Crippen molar-refractivity contribution in [2.24, 2.45) is 0 Å². The highest BCUT2D eigenvalue weighted by molar-refractivity contribution is 5.53. The lowest BCUT2D eigenvalue weighted by molar-refractivity contribution is -0.880. The summed E-state index contributed by atoms with van der Waals surface area (Å²) in [7, 11) is 2.17. The number of quaternary nitrogens is 1. The minimum absolute atomic E-state index is 0.170. The normalized spacial score (nSPS) is 17.4. The molecule has 2 rings (SSSR count). The first-order valence-corrected chi connectivity index (χ1v) is 5.47. The average molecular weight is 222 g/mol. The summed E-state index contributed by atoms with van der Waals surface area (Å²) in [6, 6.07) is 6.87. The summed E-state index contributed by atoms with van der Waals surface area (Å²) in [5.74, 6) is 0. The maximum atomic E-state index is 10.7. The second-order valence-electron chi connectivity index (χ2n) is 4.22. The van der Waals surface area contributed by atoms with Crippen molar-refractivity contribution in [3.63, 3.8) is 0 Å². The largest absolute Gasteiger partial charge is 0.360 e. The van der Waals surface area contributed by atoms with E-state index in [4.69, 9.17) is 0 Å². The van der Waals surface area contributed by atoms with Crippen molar-refractivity contribution >= 4 is 11.4 Å². The second kappa shape index (κ2) is 4.49. The fraction of sp³-hybridized carbons (Fsp3) is 0.455. The minimum Gasteiger partial charge on any atom is -0.360 e. The Morgan fingerprint density at radius 1 is 1.38 bits per heavy atom. The van der Waals surface area contributed by atoms with Gasteiger partial charge in [-0.25, -0.2) is 0 Å². The van der Waals surface area contributed by atoms with Crippen LogP contribution in [0, 0.1) is 10.1 Å². The van der Waals surface area contributed by atoms with Gasteiger partial charge in [0.15, 0.2) is 0 Å². The molecule has 0 atom stereocenters. The summed E-state index contributed by atoms with van der Waals surface area (Å²) in [6.45, 7) is 4.10. The van der Waals surface area contributed by atoms with E-state index in [1.54, 1.807) is 12.1 Å². The van der Waals surface area contributed by atoms with Gasteiger partial charge in [-0.1, -0.05) is 6.07 Å². The number of benzene rings is 1. The molecule has 0 amide bonds. The Labute approximate surface area is 94.4 Å². The molecule has 0 radical (unpaired) electrons. The van der Waals surface area contributed by atoms with Crippen LogP contribution in [0.1, 0.15) is 0 Å². The molecule has 0 bridgehead atoms. The van der Waals surface area contributed by atoms with E-state index in [2.05, 4.69) is 11.9 Å². The number of non-ortho nitro benzene ring substituents is 1. The van der Waals surface area contributed by atoms with Crippen LogP contribution in [0.3, 0.4) is 0 Å². The monoisotopic (exact) mass is 222 g/mol. The third-order valence-electron chi connectivity index (χ3n) is 3.02. The van der Waals surface area contributed by atoms with E-state index in [-0.39, 0.29) is 10.6 Å². The molecule has 0 aromatic heterocycles. The van der Waals surface area contributed by atoms with Gasteiger partial charge in [0.2, 0.25) is 0 Å². The maximum Gasteiger partial charge on any atom is 0.271 e. The minimum atomic E-state index is -0.342. The number of hydrogen-bond acceptors (Lipinski definition) is 3. The van der Waals surface area contributed by atoms with Gasteiger partial charge in [-0.3, -0.25) is 10.1 Å². The highest BCUT2D eigenvalue weighted by atomic mass is 16.6. The van der Waals surface area contributed by atoms with Gasteiger partial charge in [-0.2, -0.15) is 0 Å². The van der Waals surface area contributed by atoms with E-state index < -0.39 is 0 Å². The zero-order valence-corrected chi connectivity index (χ0v) is 9.35. The molecule has 1 aromatic rings. The number of nitro benzene ring substituents is 1. The van der Waals surface area contributed by atoms with Crippen molar-refractivity contribution in [2.75, 3.05) is 38.1 Å². The average Bonchev–Trinajstić information content (AvgIpc) is 2.30. The zero-order chi connectivity index (χ0) is 11.5. The molecular weight excluding hydrogens is 206 g/mol. The molecule has 1 fully saturated rings. The lowest BCUT2D eigenvalue weighted by atomic mass is 10.2. The smallest absolute Gasteiger partial charge is 0.271 e. The number of nitrogens with zero attached hydrogens (tertiary/aromatic N) is 2. The van der Waals surface area contributed by atoms with Crippen molar-refractivity contribution in [3.8, 4) is 0 Å². The van der Waals surface area contributed by atoms with Crippen molar-refractivity contribution in [1.82, 2.24) is 0 Å². The van der Waals surface area contributed by atoms with Crippen LogP contribution in [0.4, 0.5) is 11.4 Å².